The van der Waals surface area contributed by atoms with Crippen molar-refractivity contribution in [2.24, 2.45) is 0 Å². The van der Waals surface area contributed by atoms with E-state index in [0.29, 0.717) is 55.1 Å². The minimum Gasteiger partial charge on any atom is -0.379 e. The standard InChI is InChI=1S/C23H24N6O3S2/c1-2-9-29-22(18-6-5-7-20(15-18)34(30,31)28-11-13-32-14-12-28)25-26-23(29)33-17-19-16-27-10-4-3-8-21(27)24-19/h2-8,10,15-16H,1,9,11-14,17H2. The van der Waals surface area contributed by atoms with E-state index in [9.17, 15) is 8.42 Å². The highest BCUT2D eigenvalue weighted by atomic mass is 32.2. The average molecular weight is 497 g/mol. The highest BCUT2D eigenvalue weighted by molar-refractivity contribution is 7.98. The first-order valence-electron chi connectivity index (χ1n) is 10.8. The van der Waals surface area contributed by atoms with Gasteiger partial charge in [-0.1, -0.05) is 36.0 Å². The van der Waals surface area contributed by atoms with Gasteiger partial charge in [0.1, 0.15) is 5.65 Å². The number of rotatable bonds is 8. The van der Waals surface area contributed by atoms with Gasteiger partial charge in [-0.25, -0.2) is 13.4 Å². The van der Waals surface area contributed by atoms with E-state index in [2.05, 4.69) is 21.8 Å². The molecule has 0 atom stereocenters. The number of pyridine rings is 1. The molecule has 11 heteroatoms. The van der Waals surface area contributed by atoms with Gasteiger partial charge in [0.05, 0.1) is 23.8 Å². The Morgan fingerprint density at radius 1 is 1.12 bits per heavy atom. The van der Waals surface area contributed by atoms with Gasteiger partial charge in [0.2, 0.25) is 10.0 Å². The lowest BCUT2D eigenvalue weighted by Gasteiger charge is -2.26. The molecule has 1 saturated heterocycles. The number of thioether (sulfide) groups is 1. The van der Waals surface area contributed by atoms with Gasteiger partial charge in [-0.3, -0.25) is 4.57 Å². The highest BCUT2D eigenvalue weighted by Gasteiger charge is 2.27. The van der Waals surface area contributed by atoms with Crippen LogP contribution in [-0.4, -0.2) is 63.2 Å². The number of sulfonamides is 1. The van der Waals surface area contributed by atoms with E-state index in [1.165, 1.54) is 16.1 Å². The number of nitrogens with zero attached hydrogens (tertiary/aromatic N) is 6. The number of aromatic nitrogens is 5. The minimum atomic E-state index is -3.61. The van der Waals surface area contributed by atoms with E-state index in [4.69, 9.17) is 4.74 Å². The van der Waals surface area contributed by atoms with Crippen LogP contribution in [0.4, 0.5) is 0 Å². The Morgan fingerprint density at radius 3 is 2.76 bits per heavy atom. The zero-order chi connectivity index (χ0) is 23.5. The van der Waals surface area contributed by atoms with Crippen molar-refractivity contribution in [1.29, 1.82) is 0 Å². The van der Waals surface area contributed by atoms with Gasteiger partial charge in [-0.05, 0) is 24.3 Å². The molecule has 4 aromatic rings. The number of benzene rings is 1. The molecule has 1 aliphatic rings. The van der Waals surface area contributed by atoms with Gasteiger partial charge in [-0.2, -0.15) is 4.31 Å². The lowest BCUT2D eigenvalue weighted by atomic mass is 10.2. The predicted octanol–water partition coefficient (Wildman–Crippen LogP) is 3.09. The highest BCUT2D eigenvalue weighted by Crippen LogP contribution is 2.28. The number of morpholine rings is 1. The largest absolute Gasteiger partial charge is 0.379 e. The molecular weight excluding hydrogens is 472 g/mol. The molecule has 176 valence electrons. The molecule has 4 heterocycles. The number of fused-ring (bicyclic) bond motifs is 1. The molecule has 0 aliphatic carbocycles. The van der Waals surface area contributed by atoms with Crippen molar-refractivity contribution in [3.05, 3.63) is 73.2 Å². The van der Waals surface area contributed by atoms with Gasteiger partial charge >= 0.3 is 0 Å². The second-order valence-corrected chi connectivity index (χ2v) is 10.6. The Balaban J connectivity index is 1.41. The van der Waals surface area contributed by atoms with E-state index in [1.807, 2.05) is 45.6 Å². The summed E-state index contributed by atoms with van der Waals surface area (Å²) in [7, 11) is -3.61. The van der Waals surface area contributed by atoms with Crippen molar-refractivity contribution in [2.45, 2.75) is 22.3 Å². The van der Waals surface area contributed by atoms with Crippen LogP contribution in [0.5, 0.6) is 0 Å². The van der Waals surface area contributed by atoms with E-state index < -0.39 is 10.0 Å². The summed E-state index contributed by atoms with van der Waals surface area (Å²) in [5, 5.41) is 9.48. The fourth-order valence-corrected chi connectivity index (χ4v) is 6.12. The van der Waals surface area contributed by atoms with Crippen LogP contribution in [0.3, 0.4) is 0 Å². The van der Waals surface area contributed by atoms with Crippen LogP contribution in [0, 0.1) is 0 Å². The summed E-state index contributed by atoms with van der Waals surface area (Å²) >= 11 is 1.53. The summed E-state index contributed by atoms with van der Waals surface area (Å²) in [6.07, 6.45) is 5.74. The lowest BCUT2D eigenvalue weighted by molar-refractivity contribution is 0.0730. The summed E-state index contributed by atoms with van der Waals surface area (Å²) in [4.78, 5) is 4.87. The predicted molar refractivity (Wildman–Crippen MR) is 130 cm³/mol. The van der Waals surface area contributed by atoms with Crippen LogP contribution in [0.25, 0.3) is 17.0 Å². The Kier molecular flexibility index (Phi) is 6.50. The first kappa shape index (κ1) is 22.8. The van der Waals surface area contributed by atoms with Crippen LogP contribution < -0.4 is 0 Å². The molecular formula is C23H24N6O3S2. The van der Waals surface area contributed by atoms with Gasteiger partial charge in [0, 0.05) is 43.3 Å². The van der Waals surface area contributed by atoms with Crippen LogP contribution in [0.2, 0.25) is 0 Å². The van der Waals surface area contributed by atoms with Crippen LogP contribution in [0.15, 0.2) is 77.6 Å². The summed E-state index contributed by atoms with van der Waals surface area (Å²) in [6, 6.07) is 12.7. The Morgan fingerprint density at radius 2 is 1.97 bits per heavy atom. The molecule has 3 aromatic heterocycles. The van der Waals surface area contributed by atoms with Crippen molar-refractivity contribution in [3.63, 3.8) is 0 Å². The molecule has 0 unspecified atom stereocenters. The van der Waals surface area contributed by atoms with Gasteiger partial charge in [0.15, 0.2) is 11.0 Å². The van der Waals surface area contributed by atoms with Crippen molar-refractivity contribution in [2.75, 3.05) is 26.3 Å². The number of imidazole rings is 1. The monoisotopic (exact) mass is 496 g/mol. The molecule has 0 N–H and O–H groups in total. The number of hydrogen-bond acceptors (Lipinski definition) is 7. The zero-order valence-electron chi connectivity index (χ0n) is 18.4. The Hall–Kier alpha value is -2.99. The van der Waals surface area contributed by atoms with E-state index in [-0.39, 0.29) is 4.90 Å². The molecule has 1 aliphatic heterocycles. The summed E-state index contributed by atoms with van der Waals surface area (Å²) < 4.78 is 36.9. The maximum absolute atomic E-state index is 13.1. The Labute approximate surface area is 202 Å². The third-order valence-corrected chi connectivity index (χ3v) is 8.39. The lowest BCUT2D eigenvalue weighted by Crippen LogP contribution is -2.40. The molecule has 9 nitrogen and oxygen atoms in total. The topological polar surface area (TPSA) is 94.6 Å². The first-order valence-corrected chi connectivity index (χ1v) is 13.3. The number of ether oxygens (including phenoxy) is 1. The first-order chi connectivity index (χ1) is 16.6. The van der Waals surface area contributed by atoms with Crippen molar-refractivity contribution in [1.82, 2.24) is 28.5 Å². The van der Waals surface area contributed by atoms with Crippen LogP contribution >= 0.6 is 11.8 Å². The SMILES string of the molecule is C=CCn1c(SCc2cn3ccccc3n2)nnc1-c1cccc(S(=O)(=O)N2CCOCC2)c1. The fourth-order valence-electron chi connectivity index (χ4n) is 3.83. The fraction of sp³-hybridized carbons (Fsp3) is 0.261. The number of allylic oxidation sites excluding steroid dienone is 1. The minimum absolute atomic E-state index is 0.235. The molecule has 0 bridgehead atoms. The molecule has 0 radical (unpaired) electrons. The van der Waals surface area contributed by atoms with Gasteiger partial charge in [-0.15, -0.1) is 16.8 Å². The Bertz CT molecular complexity index is 1390. The van der Waals surface area contributed by atoms with Gasteiger partial charge < -0.3 is 9.14 Å². The maximum Gasteiger partial charge on any atom is 0.243 e. The van der Waals surface area contributed by atoms with Gasteiger partial charge in [0.25, 0.3) is 0 Å². The molecule has 5 rings (SSSR count). The molecule has 0 saturated carbocycles. The quantitative estimate of drug-likeness (QED) is 0.273. The third-order valence-electron chi connectivity index (χ3n) is 5.49. The summed E-state index contributed by atoms with van der Waals surface area (Å²) in [5.41, 5.74) is 2.51. The van der Waals surface area contributed by atoms with Crippen molar-refractivity contribution >= 4 is 27.4 Å². The van der Waals surface area contributed by atoms with E-state index in [1.54, 1.807) is 24.3 Å². The van der Waals surface area contributed by atoms with Crippen molar-refractivity contribution in [3.8, 4) is 11.4 Å². The smallest absolute Gasteiger partial charge is 0.243 e. The van der Waals surface area contributed by atoms with E-state index in [0.717, 1.165) is 11.3 Å². The average Bonchev–Trinajstić information content (AvgIpc) is 3.47. The molecule has 1 aromatic carbocycles. The summed E-state index contributed by atoms with van der Waals surface area (Å²) in [5.74, 6) is 1.22. The van der Waals surface area contributed by atoms with Crippen LogP contribution in [-0.2, 0) is 27.1 Å². The zero-order valence-corrected chi connectivity index (χ0v) is 20.1. The second-order valence-electron chi connectivity index (χ2n) is 7.74. The second kappa shape index (κ2) is 9.71. The normalized spacial score (nSPS) is 15.1. The molecule has 0 spiro atoms. The van der Waals surface area contributed by atoms with Crippen molar-refractivity contribution < 1.29 is 13.2 Å². The maximum atomic E-state index is 13.1. The third kappa shape index (κ3) is 4.51. The summed E-state index contributed by atoms with van der Waals surface area (Å²) in [6.45, 7) is 5.86. The van der Waals surface area contributed by atoms with E-state index >= 15 is 0 Å². The molecule has 34 heavy (non-hydrogen) atoms. The molecule has 0 amide bonds. The number of hydrogen-bond donors (Lipinski definition) is 0. The molecule has 1 fully saturated rings. The van der Waals surface area contributed by atoms with Crippen LogP contribution in [0.1, 0.15) is 5.69 Å².